The zero-order valence-corrected chi connectivity index (χ0v) is 14.9. The van der Waals surface area contributed by atoms with Gasteiger partial charge in [-0.05, 0) is 67.4 Å². The van der Waals surface area contributed by atoms with Gasteiger partial charge in [0.25, 0.3) is 0 Å². The third-order valence-corrected chi connectivity index (χ3v) is 3.85. The van der Waals surface area contributed by atoms with Gasteiger partial charge in [-0.25, -0.2) is 4.68 Å². The quantitative estimate of drug-likeness (QED) is 0.725. The Hall–Kier alpha value is -2.27. The van der Waals surface area contributed by atoms with Gasteiger partial charge in [-0.15, -0.1) is 5.10 Å². The number of ether oxygens (including phenoxy) is 1. The van der Waals surface area contributed by atoms with Gasteiger partial charge in [0.2, 0.25) is 0 Å². The Morgan fingerprint density at radius 2 is 1.71 bits per heavy atom. The van der Waals surface area contributed by atoms with E-state index >= 15 is 0 Å². The van der Waals surface area contributed by atoms with Crippen molar-refractivity contribution in [2.75, 3.05) is 0 Å². The van der Waals surface area contributed by atoms with E-state index in [0.717, 1.165) is 11.4 Å². The second kappa shape index (κ2) is 6.32. The number of tetrazole rings is 1. The zero-order valence-electron chi connectivity index (χ0n) is 14.9. The lowest BCUT2D eigenvalue weighted by atomic mass is 10.0. The van der Waals surface area contributed by atoms with Gasteiger partial charge in [-0.2, -0.15) is 0 Å². The van der Waals surface area contributed by atoms with Crippen LogP contribution in [0.25, 0.3) is 10.8 Å². The van der Waals surface area contributed by atoms with Gasteiger partial charge in [0.1, 0.15) is 6.10 Å². The van der Waals surface area contributed by atoms with Crippen LogP contribution in [0, 0.1) is 0 Å². The molecule has 0 fully saturated rings. The molecule has 0 bridgehead atoms. The fourth-order valence-corrected chi connectivity index (χ4v) is 2.77. The van der Waals surface area contributed by atoms with Gasteiger partial charge in [0.15, 0.2) is 5.82 Å². The predicted molar refractivity (Wildman–Crippen MR) is 94.8 cm³/mol. The minimum atomic E-state index is -0.302. The number of hydrogen-bond acceptors (Lipinski definition) is 4. The Morgan fingerprint density at radius 1 is 1.00 bits per heavy atom. The Bertz CT molecular complexity index is 832. The van der Waals surface area contributed by atoms with Crippen molar-refractivity contribution in [1.29, 1.82) is 0 Å². The molecule has 126 valence electrons. The van der Waals surface area contributed by atoms with E-state index in [-0.39, 0.29) is 17.7 Å². The van der Waals surface area contributed by atoms with Crippen molar-refractivity contribution in [3.63, 3.8) is 0 Å². The van der Waals surface area contributed by atoms with Crippen molar-refractivity contribution in [3.05, 3.63) is 53.9 Å². The molecule has 1 aromatic heterocycles. The summed E-state index contributed by atoms with van der Waals surface area (Å²) >= 11 is 0. The molecule has 1 atom stereocenters. The molecule has 0 aliphatic rings. The summed E-state index contributed by atoms with van der Waals surface area (Å²) < 4.78 is 8.04. The van der Waals surface area contributed by atoms with Crippen molar-refractivity contribution >= 4 is 10.8 Å². The summed E-state index contributed by atoms with van der Waals surface area (Å²) in [7, 11) is 0. The van der Waals surface area contributed by atoms with Crippen molar-refractivity contribution in [1.82, 2.24) is 20.2 Å². The van der Waals surface area contributed by atoms with E-state index in [1.807, 2.05) is 30.7 Å². The first-order valence-electron chi connectivity index (χ1n) is 8.29. The first-order valence-corrected chi connectivity index (χ1v) is 8.29. The maximum absolute atomic E-state index is 6.20. The molecule has 3 rings (SSSR count). The molecule has 0 spiro atoms. The highest BCUT2D eigenvalue weighted by molar-refractivity contribution is 5.83. The monoisotopic (exact) mass is 324 g/mol. The maximum atomic E-state index is 6.20. The van der Waals surface area contributed by atoms with E-state index in [2.05, 4.69) is 66.6 Å². The van der Waals surface area contributed by atoms with E-state index in [4.69, 9.17) is 4.74 Å². The minimum absolute atomic E-state index is 0.0617. The lowest BCUT2D eigenvalue weighted by Gasteiger charge is -2.25. The van der Waals surface area contributed by atoms with Crippen LogP contribution in [0.2, 0.25) is 0 Å². The molecule has 0 saturated heterocycles. The summed E-state index contributed by atoms with van der Waals surface area (Å²) in [6, 6.07) is 14.7. The van der Waals surface area contributed by atoms with Crippen molar-refractivity contribution in [2.45, 2.75) is 52.4 Å². The predicted octanol–water partition coefficient (Wildman–Crippen LogP) is 4.10. The largest absolute Gasteiger partial charge is 0.363 e. The molecule has 2 aromatic carbocycles. The SMILES string of the molecule is CC(C)OC(c1ccc2ccccc2c1)c1nnnn1C(C)(C)C. The summed E-state index contributed by atoms with van der Waals surface area (Å²) in [6.45, 7) is 10.3. The number of aromatic nitrogens is 4. The molecule has 0 amide bonds. The third kappa shape index (κ3) is 3.31. The summed E-state index contributed by atoms with van der Waals surface area (Å²) in [5.41, 5.74) is 0.844. The molecule has 5 heteroatoms. The van der Waals surface area contributed by atoms with Gasteiger partial charge in [-0.3, -0.25) is 0 Å². The number of nitrogens with zero attached hydrogens (tertiary/aromatic N) is 4. The number of benzene rings is 2. The standard InChI is InChI=1S/C19H24N4O/c1-13(2)24-17(18-20-21-22-23(18)19(3,4)5)16-11-10-14-8-6-7-9-15(14)12-16/h6-13,17H,1-5H3. The van der Waals surface area contributed by atoms with E-state index in [1.54, 1.807) is 0 Å². The van der Waals surface area contributed by atoms with E-state index in [9.17, 15) is 0 Å². The molecule has 0 N–H and O–H groups in total. The minimum Gasteiger partial charge on any atom is -0.363 e. The average Bonchev–Trinajstić information content (AvgIpc) is 3.01. The van der Waals surface area contributed by atoms with Crippen molar-refractivity contribution in [3.8, 4) is 0 Å². The smallest absolute Gasteiger partial charge is 0.185 e. The lowest BCUT2D eigenvalue weighted by Crippen LogP contribution is -2.28. The van der Waals surface area contributed by atoms with Gasteiger partial charge < -0.3 is 4.74 Å². The van der Waals surface area contributed by atoms with Crippen LogP contribution in [0.4, 0.5) is 0 Å². The molecule has 1 unspecified atom stereocenters. The highest BCUT2D eigenvalue weighted by Gasteiger charge is 2.28. The summed E-state index contributed by atoms with van der Waals surface area (Å²) in [4.78, 5) is 0. The maximum Gasteiger partial charge on any atom is 0.185 e. The summed E-state index contributed by atoms with van der Waals surface area (Å²) in [5.74, 6) is 0.728. The van der Waals surface area contributed by atoms with Crippen LogP contribution in [0.15, 0.2) is 42.5 Å². The van der Waals surface area contributed by atoms with E-state index in [0.29, 0.717) is 0 Å². The Labute approximate surface area is 142 Å². The van der Waals surface area contributed by atoms with Crippen LogP contribution in [-0.2, 0) is 10.3 Å². The molecular weight excluding hydrogens is 300 g/mol. The molecular formula is C19H24N4O. The van der Waals surface area contributed by atoms with Crippen molar-refractivity contribution < 1.29 is 4.74 Å². The van der Waals surface area contributed by atoms with Crippen LogP contribution in [0.5, 0.6) is 0 Å². The number of hydrogen-bond donors (Lipinski definition) is 0. The fraction of sp³-hybridized carbons (Fsp3) is 0.421. The Balaban J connectivity index is 2.11. The van der Waals surface area contributed by atoms with E-state index < -0.39 is 0 Å². The fourth-order valence-electron chi connectivity index (χ4n) is 2.77. The summed E-state index contributed by atoms with van der Waals surface area (Å²) in [5, 5.41) is 14.7. The lowest BCUT2D eigenvalue weighted by molar-refractivity contribution is 0.0207. The second-order valence-electron chi connectivity index (χ2n) is 7.29. The van der Waals surface area contributed by atoms with Gasteiger partial charge in [-0.1, -0.05) is 36.4 Å². The molecule has 3 aromatic rings. The number of rotatable bonds is 4. The zero-order chi connectivity index (χ0) is 17.3. The van der Waals surface area contributed by atoms with Crippen LogP contribution in [-0.4, -0.2) is 26.3 Å². The highest BCUT2D eigenvalue weighted by atomic mass is 16.5. The Morgan fingerprint density at radius 3 is 2.38 bits per heavy atom. The van der Waals surface area contributed by atoms with E-state index in [1.165, 1.54) is 10.8 Å². The van der Waals surface area contributed by atoms with Crippen LogP contribution < -0.4 is 0 Å². The number of fused-ring (bicyclic) bond motifs is 1. The highest BCUT2D eigenvalue weighted by Crippen LogP contribution is 2.30. The topological polar surface area (TPSA) is 52.8 Å². The molecule has 0 aliphatic carbocycles. The third-order valence-electron chi connectivity index (χ3n) is 3.85. The Kier molecular flexibility index (Phi) is 4.37. The van der Waals surface area contributed by atoms with Crippen LogP contribution in [0.1, 0.15) is 52.1 Å². The van der Waals surface area contributed by atoms with Gasteiger partial charge in [0.05, 0.1) is 11.6 Å². The molecule has 0 saturated carbocycles. The molecule has 24 heavy (non-hydrogen) atoms. The normalized spacial score (nSPS) is 13.6. The first kappa shape index (κ1) is 16.6. The van der Waals surface area contributed by atoms with Crippen LogP contribution >= 0.6 is 0 Å². The van der Waals surface area contributed by atoms with Crippen LogP contribution in [0.3, 0.4) is 0 Å². The molecule has 1 heterocycles. The second-order valence-corrected chi connectivity index (χ2v) is 7.29. The average molecular weight is 324 g/mol. The van der Waals surface area contributed by atoms with Crippen molar-refractivity contribution in [2.24, 2.45) is 0 Å². The molecule has 0 radical (unpaired) electrons. The molecule has 5 nitrogen and oxygen atoms in total. The van der Waals surface area contributed by atoms with Gasteiger partial charge >= 0.3 is 0 Å². The summed E-state index contributed by atoms with van der Waals surface area (Å²) in [6.07, 6.45) is -0.240. The molecule has 0 aliphatic heterocycles. The van der Waals surface area contributed by atoms with Gasteiger partial charge in [0, 0.05) is 0 Å². The first-order chi connectivity index (χ1) is 11.4.